The molecule has 1 aromatic rings. The summed E-state index contributed by atoms with van der Waals surface area (Å²) in [6.45, 7) is 6.99. The fourth-order valence-electron chi connectivity index (χ4n) is 3.32. The minimum absolute atomic E-state index is 0.0663. The SMILES string of the molecule is CCCCCCNC(=O)CCc1ccc(/C=[C]2\[In]=[C](C)C=C2C)n1B(F)F. The molecule has 2 rings (SSSR count). The molecular weight excluding hydrogens is 448 g/mol. The molecule has 27 heavy (non-hydrogen) atoms. The van der Waals surface area contributed by atoms with E-state index in [-0.39, 0.29) is 12.3 Å². The zero-order chi connectivity index (χ0) is 19.8. The van der Waals surface area contributed by atoms with Crippen LogP contribution in [0.25, 0.3) is 6.08 Å². The van der Waals surface area contributed by atoms with Gasteiger partial charge in [0.25, 0.3) is 0 Å². The molecule has 3 nitrogen and oxygen atoms in total. The van der Waals surface area contributed by atoms with E-state index in [1.807, 2.05) is 6.08 Å². The number of halogens is 2. The molecule has 0 radical (unpaired) electrons. The predicted molar refractivity (Wildman–Crippen MR) is 111 cm³/mol. The van der Waals surface area contributed by atoms with Gasteiger partial charge in [0.05, 0.1) is 0 Å². The van der Waals surface area contributed by atoms with E-state index in [0.717, 1.165) is 23.7 Å². The van der Waals surface area contributed by atoms with E-state index in [9.17, 15) is 13.4 Å². The van der Waals surface area contributed by atoms with Crippen molar-refractivity contribution in [2.24, 2.45) is 0 Å². The van der Waals surface area contributed by atoms with Crippen molar-refractivity contribution in [1.82, 2.24) is 9.79 Å². The standard InChI is InChI=1S/C20H28BF2N2O.In/c1-4-6-7-8-16-24-20(26)15-14-19-13-12-18(25(19)21(22)23)11-10-17(3)9-5-2;/h9,11-13H,4,6-8,14-16H2,1-3H3,(H,24,26);. The van der Waals surface area contributed by atoms with E-state index in [0.29, 0.717) is 24.4 Å². The van der Waals surface area contributed by atoms with Crippen molar-refractivity contribution in [3.8, 4) is 0 Å². The van der Waals surface area contributed by atoms with Crippen LogP contribution in [-0.4, -0.2) is 50.0 Å². The number of carbonyl (C=O) groups is 1. The molecular formula is C20H28BF2InN2O. The van der Waals surface area contributed by atoms with Crippen LogP contribution in [0.4, 0.5) is 8.63 Å². The van der Waals surface area contributed by atoms with Crippen LogP contribution in [0.3, 0.4) is 0 Å². The van der Waals surface area contributed by atoms with Crippen LogP contribution in [0.15, 0.2) is 27.1 Å². The van der Waals surface area contributed by atoms with E-state index in [1.165, 1.54) is 18.6 Å². The number of aryl methyl sites for hydroxylation is 1. The first-order valence-electron chi connectivity index (χ1n) is 9.76. The van der Waals surface area contributed by atoms with E-state index >= 15 is 0 Å². The first kappa shape index (κ1) is 22.2. The molecule has 0 spiro atoms. The molecule has 1 N–H and O–H groups in total. The third-order valence-electron chi connectivity index (χ3n) is 4.78. The Morgan fingerprint density at radius 2 is 2.04 bits per heavy atom. The number of nitrogens with zero attached hydrogens (tertiary/aromatic N) is 1. The number of carbonyl (C=O) groups excluding carboxylic acids is 1. The van der Waals surface area contributed by atoms with Gasteiger partial charge in [0.1, 0.15) is 0 Å². The fourth-order valence-corrected chi connectivity index (χ4v) is 7.28. The molecule has 0 atom stereocenters. The molecule has 144 valence electrons. The Hall–Kier alpha value is -1.10. The number of aromatic nitrogens is 1. The van der Waals surface area contributed by atoms with Gasteiger partial charge in [-0.05, 0) is 0 Å². The van der Waals surface area contributed by atoms with E-state index in [1.54, 1.807) is 12.1 Å². The topological polar surface area (TPSA) is 34.0 Å². The summed E-state index contributed by atoms with van der Waals surface area (Å²) in [7, 11) is -2.59. The Morgan fingerprint density at radius 1 is 1.26 bits per heavy atom. The number of hydrogen-bond donors (Lipinski definition) is 1. The van der Waals surface area contributed by atoms with E-state index in [2.05, 4.69) is 32.2 Å². The summed E-state index contributed by atoms with van der Waals surface area (Å²) in [4.78, 5) is 12.0. The Balaban J connectivity index is 1.98. The third kappa shape index (κ3) is 6.77. The molecule has 1 aliphatic rings. The second-order valence-electron chi connectivity index (χ2n) is 7.12. The number of nitrogens with one attached hydrogen (secondary N) is 1. The summed E-state index contributed by atoms with van der Waals surface area (Å²) < 4.78 is 31.1. The zero-order valence-electron chi connectivity index (χ0n) is 16.5. The van der Waals surface area contributed by atoms with Crippen LogP contribution in [-0.2, 0) is 11.2 Å². The fraction of sp³-hybridized carbons (Fsp3) is 0.500. The van der Waals surface area contributed by atoms with Crippen LogP contribution < -0.4 is 5.32 Å². The maximum absolute atomic E-state index is 13.6. The molecule has 0 aliphatic carbocycles. The molecule has 0 aromatic carbocycles. The van der Waals surface area contributed by atoms with Crippen LogP contribution in [0.2, 0.25) is 0 Å². The van der Waals surface area contributed by atoms with Crippen LogP contribution in [0, 0.1) is 0 Å². The Labute approximate surface area is 172 Å². The normalized spacial score (nSPS) is 14.8. The monoisotopic (exact) mass is 476 g/mol. The first-order chi connectivity index (χ1) is 12.9. The molecule has 0 saturated heterocycles. The van der Waals surface area contributed by atoms with Crippen molar-refractivity contribution >= 4 is 45.1 Å². The number of hydrogen-bond acceptors (Lipinski definition) is 1. The molecule has 2 heterocycles. The van der Waals surface area contributed by atoms with Crippen LogP contribution in [0.5, 0.6) is 0 Å². The van der Waals surface area contributed by atoms with Crippen molar-refractivity contribution in [2.75, 3.05) is 6.54 Å². The Morgan fingerprint density at radius 3 is 2.67 bits per heavy atom. The van der Waals surface area contributed by atoms with Gasteiger partial charge in [0, 0.05) is 0 Å². The molecule has 1 aliphatic heterocycles. The average Bonchev–Trinajstić information content (AvgIpc) is 3.15. The quantitative estimate of drug-likeness (QED) is 0.401. The summed E-state index contributed by atoms with van der Waals surface area (Å²) in [5, 5.41) is 2.89. The van der Waals surface area contributed by atoms with Crippen molar-refractivity contribution in [2.45, 2.75) is 59.3 Å². The van der Waals surface area contributed by atoms with E-state index in [4.69, 9.17) is 0 Å². The second-order valence-corrected chi connectivity index (χ2v) is 12.3. The van der Waals surface area contributed by atoms with Crippen LogP contribution >= 0.6 is 0 Å². The van der Waals surface area contributed by atoms with Gasteiger partial charge in [0.2, 0.25) is 0 Å². The number of unbranched alkanes of at least 4 members (excludes halogenated alkanes) is 3. The average molecular weight is 476 g/mol. The van der Waals surface area contributed by atoms with Gasteiger partial charge in [-0.3, -0.25) is 0 Å². The maximum atomic E-state index is 13.6. The molecule has 0 bridgehead atoms. The minimum atomic E-state index is -2.59. The van der Waals surface area contributed by atoms with Gasteiger partial charge < -0.3 is 0 Å². The molecule has 1 amide bonds. The van der Waals surface area contributed by atoms with Gasteiger partial charge in [0.15, 0.2) is 0 Å². The zero-order valence-corrected chi connectivity index (χ0v) is 19.8. The number of amides is 1. The first-order valence-corrected chi connectivity index (χ1v) is 13.1. The van der Waals surface area contributed by atoms with Gasteiger partial charge in [-0.1, -0.05) is 19.8 Å². The molecule has 0 unspecified atom stereocenters. The van der Waals surface area contributed by atoms with E-state index < -0.39 is 29.8 Å². The molecule has 0 fully saturated rings. The molecule has 7 heteroatoms. The van der Waals surface area contributed by atoms with Crippen molar-refractivity contribution in [3.63, 3.8) is 0 Å². The summed E-state index contributed by atoms with van der Waals surface area (Å²) in [6.07, 6.45) is 9.08. The number of rotatable bonds is 10. The third-order valence-corrected chi connectivity index (χ3v) is 9.21. The summed E-state index contributed by atoms with van der Waals surface area (Å²) in [5.41, 5.74) is 2.27. The van der Waals surface area contributed by atoms with Crippen molar-refractivity contribution < 1.29 is 13.4 Å². The second kappa shape index (κ2) is 11.0. The number of allylic oxidation sites excluding steroid dienone is 3. The van der Waals surface area contributed by atoms with Gasteiger partial charge in [-0.2, -0.15) is 0 Å². The van der Waals surface area contributed by atoms with Crippen molar-refractivity contribution in [1.29, 1.82) is 0 Å². The van der Waals surface area contributed by atoms with Gasteiger partial charge in [-0.15, -0.1) is 0 Å². The summed E-state index contributed by atoms with van der Waals surface area (Å²) in [5.74, 6) is -0.0663. The Kier molecular flexibility index (Phi) is 9.07. The van der Waals surface area contributed by atoms with Crippen molar-refractivity contribution in [3.05, 3.63) is 38.5 Å². The van der Waals surface area contributed by atoms with Gasteiger partial charge in [-0.25, -0.2) is 0 Å². The van der Waals surface area contributed by atoms with Gasteiger partial charge >= 0.3 is 153 Å². The predicted octanol–water partition coefficient (Wildman–Crippen LogP) is 4.09. The Bertz CT molecular complexity index is 753. The van der Waals surface area contributed by atoms with Crippen LogP contribution in [0.1, 0.15) is 64.3 Å². The summed E-state index contributed by atoms with van der Waals surface area (Å²) in [6, 6.07) is 3.48. The molecule has 0 saturated carbocycles. The molecule has 1 aromatic heterocycles. The summed E-state index contributed by atoms with van der Waals surface area (Å²) >= 11 is -1.00.